The summed E-state index contributed by atoms with van der Waals surface area (Å²) in [5.41, 5.74) is 2.85. The first-order valence-corrected chi connectivity index (χ1v) is 6.60. The van der Waals surface area contributed by atoms with Crippen LogP contribution in [0, 0.1) is 0 Å². The zero-order chi connectivity index (χ0) is 12.6. The molecule has 0 heterocycles. The molecule has 0 nitrogen and oxygen atoms in total. The predicted molar refractivity (Wildman–Crippen MR) is 78.8 cm³/mol. The van der Waals surface area contributed by atoms with E-state index in [1.165, 1.54) is 17.5 Å². The third-order valence-corrected chi connectivity index (χ3v) is 3.32. The maximum absolute atomic E-state index is 3.83. The van der Waals surface area contributed by atoms with E-state index in [1.807, 2.05) is 6.08 Å². The summed E-state index contributed by atoms with van der Waals surface area (Å²) >= 11 is 0. The lowest BCUT2D eigenvalue weighted by Crippen LogP contribution is -2.02. The lowest BCUT2D eigenvalue weighted by Gasteiger charge is -2.16. The van der Waals surface area contributed by atoms with E-state index in [2.05, 4.69) is 67.2 Å². The molecule has 0 aliphatic rings. The second-order valence-corrected chi connectivity index (χ2v) is 4.66. The van der Waals surface area contributed by atoms with Crippen molar-refractivity contribution in [2.75, 3.05) is 0 Å². The largest absolute Gasteiger partial charge is 0.103 e. The Labute approximate surface area is 110 Å². The maximum Gasteiger partial charge on any atom is -0.0119 e. The first kappa shape index (κ1) is 12.6. The van der Waals surface area contributed by atoms with Crippen molar-refractivity contribution in [2.45, 2.75) is 25.2 Å². The van der Waals surface area contributed by atoms with E-state index >= 15 is 0 Å². The van der Waals surface area contributed by atoms with Gasteiger partial charge in [-0.1, -0.05) is 66.7 Å². The van der Waals surface area contributed by atoms with Crippen molar-refractivity contribution in [3.8, 4) is 0 Å². The van der Waals surface area contributed by atoms with Crippen LogP contribution in [0.3, 0.4) is 0 Å². The molecule has 1 unspecified atom stereocenters. The van der Waals surface area contributed by atoms with E-state index < -0.39 is 0 Å². The molecule has 0 saturated carbocycles. The molecule has 0 heteroatoms. The molecule has 92 valence electrons. The summed E-state index contributed by atoms with van der Waals surface area (Å²) in [7, 11) is 0. The van der Waals surface area contributed by atoms with Gasteiger partial charge in [-0.25, -0.2) is 0 Å². The Morgan fingerprint density at radius 1 is 0.889 bits per heavy atom. The molecule has 2 aromatic carbocycles. The predicted octanol–water partition coefficient (Wildman–Crippen LogP) is 4.98. The molecule has 0 spiro atoms. The van der Waals surface area contributed by atoms with Gasteiger partial charge in [0.05, 0.1) is 0 Å². The highest BCUT2D eigenvalue weighted by Crippen LogP contribution is 2.25. The van der Waals surface area contributed by atoms with Gasteiger partial charge in [0, 0.05) is 0 Å². The smallest absolute Gasteiger partial charge is 0.0119 e. The molecule has 0 aromatic heterocycles. The van der Waals surface area contributed by atoms with Crippen molar-refractivity contribution in [3.63, 3.8) is 0 Å². The summed E-state index contributed by atoms with van der Waals surface area (Å²) in [6.07, 6.45) is 5.37. The monoisotopic (exact) mass is 236 g/mol. The van der Waals surface area contributed by atoms with Gasteiger partial charge in [0.15, 0.2) is 0 Å². The number of benzene rings is 2. The Kier molecular flexibility index (Phi) is 4.78. The number of allylic oxidation sites excluding steroid dienone is 1. The van der Waals surface area contributed by atoms with Gasteiger partial charge in [0.2, 0.25) is 0 Å². The van der Waals surface area contributed by atoms with Gasteiger partial charge in [-0.05, 0) is 36.3 Å². The first-order chi connectivity index (χ1) is 8.90. The summed E-state index contributed by atoms with van der Waals surface area (Å²) in [4.78, 5) is 0. The third-order valence-electron chi connectivity index (χ3n) is 3.32. The van der Waals surface area contributed by atoms with Crippen molar-refractivity contribution in [3.05, 3.63) is 84.4 Å². The van der Waals surface area contributed by atoms with Gasteiger partial charge in [-0.15, -0.1) is 6.58 Å². The van der Waals surface area contributed by atoms with Crippen LogP contribution in [-0.2, 0) is 6.42 Å². The normalized spacial score (nSPS) is 12.0. The Hall–Kier alpha value is -1.82. The van der Waals surface area contributed by atoms with E-state index in [0.29, 0.717) is 5.92 Å². The zero-order valence-electron chi connectivity index (χ0n) is 10.8. The number of hydrogen-bond donors (Lipinski definition) is 0. The molecule has 2 rings (SSSR count). The maximum atomic E-state index is 3.83. The first-order valence-electron chi connectivity index (χ1n) is 6.60. The van der Waals surface area contributed by atoms with Crippen LogP contribution in [0.5, 0.6) is 0 Å². The quantitative estimate of drug-likeness (QED) is 0.620. The van der Waals surface area contributed by atoms with Crippen molar-refractivity contribution in [1.29, 1.82) is 0 Å². The molecule has 0 aliphatic heterocycles. The molecule has 0 bridgehead atoms. The highest BCUT2D eigenvalue weighted by Gasteiger charge is 2.11. The molecule has 0 aliphatic carbocycles. The summed E-state index contributed by atoms with van der Waals surface area (Å²) in [5, 5.41) is 0. The molecule has 0 saturated heterocycles. The summed E-state index contributed by atoms with van der Waals surface area (Å²) in [6.45, 7) is 3.83. The standard InChI is InChI=1S/C18H20/c1-2-3-12-18(17-13-8-5-9-14-17)15-16-10-6-4-7-11-16/h2,4-11,13-14,18H,1,3,12,15H2. The summed E-state index contributed by atoms with van der Waals surface area (Å²) < 4.78 is 0. The molecule has 2 aromatic rings. The fourth-order valence-corrected chi connectivity index (χ4v) is 2.33. The third kappa shape index (κ3) is 3.59. The molecule has 0 fully saturated rings. The number of hydrogen-bond acceptors (Lipinski definition) is 0. The molecule has 1 atom stereocenters. The summed E-state index contributed by atoms with van der Waals surface area (Å²) in [6, 6.07) is 21.5. The highest BCUT2D eigenvalue weighted by atomic mass is 14.2. The van der Waals surface area contributed by atoms with Crippen LogP contribution in [0.2, 0.25) is 0 Å². The van der Waals surface area contributed by atoms with Crippen LogP contribution in [-0.4, -0.2) is 0 Å². The van der Waals surface area contributed by atoms with Crippen LogP contribution in [0.4, 0.5) is 0 Å². The van der Waals surface area contributed by atoms with Crippen LogP contribution in [0.1, 0.15) is 29.9 Å². The average molecular weight is 236 g/mol. The highest BCUT2D eigenvalue weighted by molar-refractivity contribution is 5.24. The second-order valence-electron chi connectivity index (χ2n) is 4.66. The van der Waals surface area contributed by atoms with Gasteiger partial charge in [0.25, 0.3) is 0 Å². The Morgan fingerprint density at radius 3 is 2.11 bits per heavy atom. The van der Waals surface area contributed by atoms with Crippen molar-refractivity contribution in [2.24, 2.45) is 0 Å². The van der Waals surface area contributed by atoms with E-state index in [-0.39, 0.29) is 0 Å². The minimum Gasteiger partial charge on any atom is -0.103 e. The van der Waals surface area contributed by atoms with E-state index in [9.17, 15) is 0 Å². The van der Waals surface area contributed by atoms with Gasteiger partial charge in [-0.3, -0.25) is 0 Å². The molecule has 0 N–H and O–H groups in total. The second kappa shape index (κ2) is 6.80. The van der Waals surface area contributed by atoms with E-state index in [4.69, 9.17) is 0 Å². The topological polar surface area (TPSA) is 0 Å². The van der Waals surface area contributed by atoms with Gasteiger partial charge in [-0.2, -0.15) is 0 Å². The van der Waals surface area contributed by atoms with Gasteiger partial charge < -0.3 is 0 Å². The molecule has 0 amide bonds. The van der Waals surface area contributed by atoms with Gasteiger partial charge >= 0.3 is 0 Å². The molecule has 0 radical (unpaired) electrons. The minimum atomic E-state index is 0.589. The Bertz CT molecular complexity index is 456. The van der Waals surface area contributed by atoms with Gasteiger partial charge in [0.1, 0.15) is 0 Å². The van der Waals surface area contributed by atoms with Crippen LogP contribution in [0.15, 0.2) is 73.3 Å². The van der Waals surface area contributed by atoms with Crippen LogP contribution >= 0.6 is 0 Å². The van der Waals surface area contributed by atoms with Crippen LogP contribution in [0.25, 0.3) is 0 Å². The Morgan fingerprint density at radius 2 is 1.50 bits per heavy atom. The zero-order valence-corrected chi connectivity index (χ0v) is 10.8. The molecule has 18 heavy (non-hydrogen) atoms. The number of rotatable bonds is 6. The van der Waals surface area contributed by atoms with Crippen LogP contribution < -0.4 is 0 Å². The molecular weight excluding hydrogens is 216 g/mol. The fourth-order valence-electron chi connectivity index (χ4n) is 2.33. The Balaban J connectivity index is 2.13. The minimum absolute atomic E-state index is 0.589. The average Bonchev–Trinajstić information content (AvgIpc) is 2.45. The fraction of sp³-hybridized carbons (Fsp3) is 0.222. The lowest BCUT2D eigenvalue weighted by atomic mass is 9.88. The summed E-state index contributed by atoms with van der Waals surface area (Å²) in [5.74, 6) is 0.589. The van der Waals surface area contributed by atoms with E-state index in [0.717, 1.165) is 12.8 Å². The van der Waals surface area contributed by atoms with Crippen molar-refractivity contribution >= 4 is 0 Å². The SMILES string of the molecule is C=CCCC(Cc1ccccc1)c1ccccc1. The van der Waals surface area contributed by atoms with Crippen molar-refractivity contribution < 1.29 is 0 Å². The van der Waals surface area contributed by atoms with Crippen molar-refractivity contribution in [1.82, 2.24) is 0 Å². The lowest BCUT2D eigenvalue weighted by molar-refractivity contribution is 0.629. The van der Waals surface area contributed by atoms with E-state index in [1.54, 1.807) is 0 Å². The molecular formula is C18H20.